The number of aliphatic hydroxyl groups excluding tert-OH is 1. The van der Waals surface area contributed by atoms with Gasteiger partial charge in [-0.05, 0) is 54.8 Å². The maximum atomic E-state index is 11.5. The molecule has 6 nitrogen and oxygen atoms in total. The molecule has 0 amide bonds. The molecule has 0 fully saturated rings. The Morgan fingerprint density at radius 1 is 1.34 bits per heavy atom. The molecule has 2 aromatic carbocycles. The minimum absolute atomic E-state index is 0.101. The Labute approximate surface area is 176 Å². The standard InChI is InChI=1S/C22H27ClN2O4/c1-3-28-22(27)14-29-19-7-8-20-16(11-19)10-18(13-25(20)2)24-12-21(26)15-5-4-6-17(23)9-15/h4-9,11,18,21,24,26H,3,10,12-14H2,1-2H3/t18?,21-/m0/s1. The fourth-order valence-corrected chi connectivity index (χ4v) is 3.74. The van der Waals surface area contributed by atoms with E-state index < -0.39 is 6.10 Å². The molecule has 0 saturated heterocycles. The van der Waals surface area contributed by atoms with Crippen molar-refractivity contribution in [3.8, 4) is 5.75 Å². The maximum absolute atomic E-state index is 11.5. The van der Waals surface area contributed by atoms with E-state index >= 15 is 0 Å². The smallest absolute Gasteiger partial charge is 0.344 e. The van der Waals surface area contributed by atoms with Gasteiger partial charge < -0.3 is 24.8 Å². The predicted octanol–water partition coefficient (Wildman–Crippen LogP) is 2.97. The monoisotopic (exact) mass is 418 g/mol. The van der Waals surface area contributed by atoms with Gasteiger partial charge in [0, 0.05) is 36.9 Å². The van der Waals surface area contributed by atoms with Crippen LogP contribution in [0, 0.1) is 0 Å². The van der Waals surface area contributed by atoms with Crippen molar-refractivity contribution in [1.29, 1.82) is 0 Å². The molecular formula is C22H27ClN2O4. The summed E-state index contributed by atoms with van der Waals surface area (Å²) < 4.78 is 10.5. The number of carbonyl (C=O) groups is 1. The van der Waals surface area contributed by atoms with Gasteiger partial charge in [0.2, 0.25) is 0 Å². The van der Waals surface area contributed by atoms with Crippen molar-refractivity contribution in [2.75, 3.05) is 38.3 Å². The summed E-state index contributed by atoms with van der Waals surface area (Å²) >= 11 is 6.01. The molecule has 1 aliphatic heterocycles. The number of hydrogen-bond donors (Lipinski definition) is 2. The van der Waals surface area contributed by atoms with Gasteiger partial charge >= 0.3 is 5.97 Å². The van der Waals surface area contributed by atoms with Gasteiger partial charge in [-0.3, -0.25) is 0 Å². The molecule has 0 saturated carbocycles. The SMILES string of the molecule is CCOC(=O)COc1ccc2c(c1)CC(NC[C@H](O)c1cccc(Cl)c1)CN2C. The van der Waals surface area contributed by atoms with Crippen LogP contribution in [0.3, 0.4) is 0 Å². The lowest BCUT2D eigenvalue weighted by molar-refractivity contribution is -0.145. The summed E-state index contributed by atoms with van der Waals surface area (Å²) in [5, 5.41) is 14.5. The van der Waals surface area contributed by atoms with Gasteiger partial charge in [0.15, 0.2) is 6.61 Å². The molecule has 0 aromatic heterocycles. The van der Waals surface area contributed by atoms with E-state index in [0.29, 0.717) is 23.9 Å². The highest BCUT2D eigenvalue weighted by atomic mass is 35.5. The first kappa shape index (κ1) is 21.4. The van der Waals surface area contributed by atoms with E-state index in [1.165, 1.54) is 0 Å². The van der Waals surface area contributed by atoms with Crippen LogP contribution in [-0.2, 0) is 16.0 Å². The Kier molecular flexibility index (Phi) is 7.36. The van der Waals surface area contributed by atoms with Crippen LogP contribution in [0.2, 0.25) is 5.02 Å². The van der Waals surface area contributed by atoms with Crippen LogP contribution in [-0.4, -0.2) is 50.5 Å². The molecule has 0 spiro atoms. The van der Waals surface area contributed by atoms with Crippen LogP contribution < -0.4 is 15.0 Å². The number of esters is 1. The third-order valence-electron chi connectivity index (χ3n) is 4.92. The molecule has 2 atom stereocenters. The van der Waals surface area contributed by atoms with Crippen molar-refractivity contribution in [3.05, 3.63) is 58.6 Å². The molecule has 0 radical (unpaired) electrons. The number of likely N-dealkylation sites (N-methyl/N-ethyl adjacent to an activating group) is 1. The van der Waals surface area contributed by atoms with Crippen molar-refractivity contribution >= 4 is 23.3 Å². The molecule has 0 aliphatic carbocycles. The largest absolute Gasteiger partial charge is 0.482 e. The van der Waals surface area contributed by atoms with Crippen molar-refractivity contribution in [1.82, 2.24) is 5.32 Å². The minimum atomic E-state index is -0.625. The number of ether oxygens (including phenoxy) is 2. The molecule has 2 aromatic rings. The average molecular weight is 419 g/mol. The second-order valence-corrected chi connectivity index (χ2v) is 7.58. The fourth-order valence-electron chi connectivity index (χ4n) is 3.54. The number of carbonyl (C=O) groups excluding carboxylic acids is 1. The van der Waals surface area contributed by atoms with Crippen molar-refractivity contribution in [2.45, 2.75) is 25.5 Å². The number of benzene rings is 2. The Morgan fingerprint density at radius 3 is 2.93 bits per heavy atom. The second kappa shape index (κ2) is 9.96. The summed E-state index contributed by atoms with van der Waals surface area (Å²) in [7, 11) is 2.04. The molecule has 29 heavy (non-hydrogen) atoms. The van der Waals surface area contributed by atoms with Crippen LogP contribution in [0.4, 0.5) is 5.69 Å². The quantitative estimate of drug-likeness (QED) is 0.642. The van der Waals surface area contributed by atoms with E-state index in [0.717, 1.165) is 29.8 Å². The molecule has 2 N–H and O–H groups in total. The second-order valence-electron chi connectivity index (χ2n) is 7.14. The number of hydrogen-bond acceptors (Lipinski definition) is 6. The van der Waals surface area contributed by atoms with Gasteiger partial charge in [0.05, 0.1) is 12.7 Å². The van der Waals surface area contributed by atoms with Gasteiger partial charge in [-0.25, -0.2) is 4.79 Å². The van der Waals surface area contributed by atoms with Gasteiger partial charge in [0.1, 0.15) is 5.75 Å². The lowest BCUT2D eigenvalue weighted by Crippen LogP contribution is -2.46. The summed E-state index contributed by atoms with van der Waals surface area (Å²) in [5.41, 5.74) is 3.07. The molecule has 1 aliphatic rings. The van der Waals surface area contributed by atoms with E-state index in [-0.39, 0.29) is 18.6 Å². The third-order valence-corrected chi connectivity index (χ3v) is 5.15. The van der Waals surface area contributed by atoms with Crippen LogP contribution in [0.1, 0.15) is 24.2 Å². The Balaban J connectivity index is 1.59. The number of nitrogens with zero attached hydrogens (tertiary/aromatic N) is 1. The minimum Gasteiger partial charge on any atom is -0.482 e. The average Bonchev–Trinajstić information content (AvgIpc) is 2.70. The Bertz CT molecular complexity index is 845. The summed E-state index contributed by atoms with van der Waals surface area (Å²) in [5.74, 6) is 0.265. The zero-order valence-electron chi connectivity index (χ0n) is 16.7. The van der Waals surface area contributed by atoms with Gasteiger partial charge in [-0.15, -0.1) is 0 Å². The summed E-state index contributed by atoms with van der Waals surface area (Å²) in [6.07, 6.45) is 0.179. The summed E-state index contributed by atoms with van der Waals surface area (Å²) in [6.45, 7) is 3.27. The third kappa shape index (κ3) is 5.85. The normalized spacial score (nSPS) is 16.8. The van der Waals surface area contributed by atoms with Gasteiger partial charge in [-0.1, -0.05) is 23.7 Å². The van der Waals surface area contributed by atoms with Crippen molar-refractivity contribution < 1.29 is 19.4 Å². The Morgan fingerprint density at radius 2 is 2.17 bits per heavy atom. The molecule has 156 valence electrons. The zero-order chi connectivity index (χ0) is 20.8. The zero-order valence-corrected chi connectivity index (χ0v) is 17.5. The van der Waals surface area contributed by atoms with E-state index in [9.17, 15) is 9.90 Å². The van der Waals surface area contributed by atoms with Crippen LogP contribution in [0.15, 0.2) is 42.5 Å². The number of nitrogens with one attached hydrogen (secondary N) is 1. The number of fused-ring (bicyclic) bond motifs is 1. The van der Waals surface area contributed by atoms with E-state index in [1.807, 2.05) is 37.4 Å². The highest BCUT2D eigenvalue weighted by molar-refractivity contribution is 6.30. The number of rotatable bonds is 8. The lowest BCUT2D eigenvalue weighted by Gasteiger charge is -2.34. The van der Waals surface area contributed by atoms with Crippen molar-refractivity contribution in [3.63, 3.8) is 0 Å². The molecule has 0 bridgehead atoms. The van der Waals surface area contributed by atoms with Gasteiger partial charge in [0.25, 0.3) is 0 Å². The topological polar surface area (TPSA) is 71.0 Å². The number of aliphatic hydroxyl groups is 1. The number of anilines is 1. The molecule has 3 rings (SSSR count). The molecule has 1 heterocycles. The van der Waals surface area contributed by atoms with Gasteiger partial charge in [-0.2, -0.15) is 0 Å². The van der Waals surface area contributed by atoms with E-state index in [2.05, 4.69) is 10.2 Å². The highest BCUT2D eigenvalue weighted by Crippen LogP contribution is 2.30. The first-order valence-electron chi connectivity index (χ1n) is 9.75. The van der Waals surface area contributed by atoms with E-state index in [4.69, 9.17) is 21.1 Å². The predicted molar refractivity (Wildman–Crippen MR) is 114 cm³/mol. The first-order chi connectivity index (χ1) is 14.0. The van der Waals surface area contributed by atoms with E-state index in [1.54, 1.807) is 19.1 Å². The maximum Gasteiger partial charge on any atom is 0.344 e. The van der Waals surface area contributed by atoms with Crippen LogP contribution >= 0.6 is 11.6 Å². The molecule has 1 unspecified atom stereocenters. The molecular weight excluding hydrogens is 392 g/mol. The lowest BCUT2D eigenvalue weighted by atomic mass is 9.97. The summed E-state index contributed by atoms with van der Waals surface area (Å²) in [4.78, 5) is 13.7. The first-order valence-corrected chi connectivity index (χ1v) is 10.1. The van der Waals surface area contributed by atoms with Crippen molar-refractivity contribution in [2.24, 2.45) is 0 Å². The highest BCUT2D eigenvalue weighted by Gasteiger charge is 2.23. The van der Waals surface area contributed by atoms with Crippen LogP contribution in [0.25, 0.3) is 0 Å². The number of halogens is 1. The molecule has 7 heteroatoms. The summed E-state index contributed by atoms with van der Waals surface area (Å²) in [6, 6.07) is 13.3. The van der Waals surface area contributed by atoms with Crippen LogP contribution in [0.5, 0.6) is 5.75 Å². The Hall–Kier alpha value is -2.28. The fraction of sp³-hybridized carbons (Fsp3) is 0.409.